The Morgan fingerprint density at radius 1 is 0.970 bits per heavy atom. The summed E-state index contributed by atoms with van der Waals surface area (Å²) in [5, 5.41) is 0.538. The highest BCUT2D eigenvalue weighted by molar-refractivity contribution is 8.18. The van der Waals surface area contributed by atoms with Crippen molar-refractivity contribution in [2.45, 2.75) is 13.2 Å². The number of benzene rings is 3. The summed E-state index contributed by atoms with van der Waals surface area (Å²) in [4.78, 5) is 26.8. The number of nitrogens with zero attached hydrogens (tertiary/aromatic N) is 1. The van der Waals surface area contributed by atoms with E-state index in [9.17, 15) is 9.59 Å². The zero-order valence-electron chi connectivity index (χ0n) is 17.6. The first-order valence-electron chi connectivity index (χ1n) is 9.98. The molecule has 0 N–H and O–H groups in total. The standard InChI is InChI=1S/C25H19Cl2NO4S/c1-31-22-11-17(7-10-21(22)32-15-16-5-3-2-4-6-16)12-23-24(29)28(25(30)33-23)14-18-8-9-19(26)13-20(18)27/h2-13H,14-15H2,1H3/b23-12-. The molecule has 3 aromatic carbocycles. The van der Waals surface area contributed by atoms with Crippen LogP contribution in [0.5, 0.6) is 11.5 Å². The van der Waals surface area contributed by atoms with Crippen LogP contribution in [0.15, 0.2) is 71.6 Å². The molecular weight excluding hydrogens is 481 g/mol. The third-order valence-electron chi connectivity index (χ3n) is 4.94. The van der Waals surface area contributed by atoms with Crippen LogP contribution in [0.25, 0.3) is 6.08 Å². The summed E-state index contributed by atoms with van der Waals surface area (Å²) in [6, 6.07) is 20.1. The molecule has 0 saturated carbocycles. The number of hydrogen-bond donors (Lipinski definition) is 0. The predicted molar refractivity (Wildman–Crippen MR) is 132 cm³/mol. The Hall–Kier alpha value is -2.93. The molecule has 0 unspecified atom stereocenters. The van der Waals surface area contributed by atoms with Crippen LogP contribution in [-0.4, -0.2) is 23.2 Å². The lowest BCUT2D eigenvalue weighted by Crippen LogP contribution is -2.27. The van der Waals surface area contributed by atoms with Gasteiger partial charge in [0.1, 0.15) is 6.61 Å². The molecule has 5 nitrogen and oxygen atoms in total. The molecule has 1 saturated heterocycles. The number of methoxy groups -OCH3 is 1. The number of ether oxygens (including phenoxy) is 2. The number of amides is 2. The number of carbonyl (C=O) groups is 2. The van der Waals surface area contributed by atoms with Gasteiger partial charge in [-0.3, -0.25) is 14.5 Å². The van der Waals surface area contributed by atoms with Crippen LogP contribution in [0.2, 0.25) is 10.0 Å². The fraction of sp³-hybridized carbons (Fsp3) is 0.120. The summed E-state index contributed by atoms with van der Waals surface area (Å²) in [6.07, 6.45) is 1.66. The molecule has 0 atom stereocenters. The maximum absolute atomic E-state index is 12.9. The fourth-order valence-electron chi connectivity index (χ4n) is 3.24. The van der Waals surface area contributed by atoms with Gasteiger partial charge in [-0.2, -0.15) is 0 Å². The van der Waals surface area contributed by atoms with E-state index in [1.54, 1.807) is 43.5 Å². The number of thioether (sulfide) groups is 1. The van der Waals surface area contributed by atoms with Crippen molar-refractivity contribution >= 4 is 52.2 Å². The quantitative estimate of drug-likeness (QED) is 0.334. The molecular formula is C25H19Cl2NO4S. The Morgan fingerprint density at radius 3 is 2.48 bits per heavy atom. The maximum atomic E-state index is 12.9. The van der Waals surface area contributed by atoms with E-state index in [4.69, 9.17) is 32.7 Å². The number of carbonyl (C=O) groups excluding carboxylic acids is 2. The van der Waals surface area contributed by atoms with Gasteiger partial charge in [-0.25, -0.2) is 0 Å². The largest absolute Gasteiger partial charge is 0.493 e. The molecule has 1 aliphatic rings. The van der Waals surface area contributed by atoms with Crippen molar-refractivity contribution in [2.24, 2.45) is 0 Å². The highest BCUT2D eigenvalue weighted by atomic mass is 35.5. The Labute approximate surface area is 205 Å². The molecule has 0 spiro atoms. The molecule has 1 heterocycles. The lowest BCUT2D eigenvalue weighted by molar-refractivity contribution is -0.123. The van der Waals surface area contributed by atoms with Gasteiger partial charge in [-0.15, -0.1) is 0 Å². The van der Waals surface area contributed by atoms with E-state index in [2.05, 4.69) is 0 Å². The third-order valence-corrected chi connectivity index (χ3v) is 6.43. The summed E-state index contributed by atoms with van der Waals surface area (Å²) in [7, 11) is 1.55. The minimum atomic E-state index is -0.376. The van der Waals surface area contributed by atoms with Gasteiger partial charge < -0.3 is 9.47 Å². The Kier molecular flexibility index (Phi) is 7.28. The molecule has 3 aromatic rings. The summed E-state index contributed by atoms with van der Waals surface area (Å²) in [5.41, 5.74) is 2.40. The minimum absolute atomic E-state index is 0.0770. The zero-order chi connectivity index (χ0) is 23.4. The molecule has 0 radical (unpaired) electrons. The van der Waals surface area contributed by atoms with Gasteiger partial charge in [0.2, 0.25) is 0 Å². The van der Waals surface area contributed by atoms with Crippen LogP contribution in [0.3, 0.4) is 0 Å². The first-order valence-corrected chi connectivity index (χ1v) is 11.6. The van der Waals surface area contributed by atoms with Gasteiger partial charge in [0, 0.05) is 10.0 Å². The summed E-state index contributed by atoms with van der Waals surface area (Å²) < 4.78 is 11.3. The highest BCUT2D eigenvalue weighted by Gasteiger charge is 2.35. The fourth-order valence-corrected chi connectivity index (χ4v) is 4.54. The molecule has 2 amide bonds. The normalized spacial score (nSPS) is 14.8. The number of rotatable bonds is 7. The molecule has 8 heteroatoms. The SMILES string of the molecule is COc1cc(/C=C2\SC(=O)N(Cc3ccc(Cl)cc3Cl)C2=O)ccc1OCc1ccccc1. The van der Waals surface area contributed by atoms with Gasteiger partial charge in [-0.1, -0.05) is 65.7 Å². The first kappa shape index (κ1) is 23.2. The van der Waals surface area contributed by atoms with Crippen molar-refractivity contribution < 1.29 is 19.1 Å². The van der Waals surface area contributed by atoms with Crippen LogP contribution in [0, 0.1) is 0 Å². The van der Waals surface area contributed by atoms with Crippen molar-refractivity contribution in [3.8, 4) is 11.5 Å². The molecule has 0 aromatic heterocycles. The second kappa shape index (κ2) is 10.3. The topological polar surface area (TPSA) is 55.8 Å². The van der Waals surface area contributed by atoms with Crippen molar-refractivity contribution in [1.82, 2.24) is 4.90 Å². The molecule has 33 heavy (non-hydrogen) atoms. The molecule has 4 rings (SSSR count). The van der Waals surface area contributed by atoms with Gasteiger partial charge >= 0.3 is 0 Å². The van der Waals surface area contributed by atoms with E-state index in [0.717, 1.165) is 17.3 Å². The minimum Gasteiger partial charge on any atom is -0.493 e. The van der Waals surface area contributed by atoms with Gasteiger partial charge in [0.05, 0.1) is 18.6 Å². The van der Waals surface area contributed by atoms with Crippen LogP contribution < -0.4 is 9.47 Å². The van der Waals surface area contributed by atoms with Crippen LogP contribution >= 0.6 is 35.0 Å². The van der Waals surface area contributed by atoms with E-state index in [-0.39, 0.29) is 17.7 Å². The number of hydrogen-bond acceptors (Lipinski definition) is 5. The van der Waals surface area contributed by atoms with Crippen LogP contribution in [0.1, 0.15) is 16.7 Å². The summed E-state index contributed by atoms with van der Waals surface area (Å²) in [5.74, 6) is 0.746. The van der Waals surface area contributed by atoms with E-state index < -0.39 is 0 Å². The number of imide groups is 1. The second-order valence-corrected chi connectivity index (χ2v) is 9.02. The van der Waals surface area contributed by atoms with Gasteiger partial charge in [0.15, 0.2) is 11.5 Å². The van der Waals surface area contributed by atoms with Crippen LogP contribution in [-0.2, 0) is 17.9 Å². The Morgan fingerprint density at radius 2 is 1.76 bits per heavy atom. The lowest BCUT2D eigenvalue weighted by Gasteiger charge is -2.13. The molecule has 1 fully saturated rings. The molecule has 1 aliphatic heterocycles. The molecule has 168 valence electrons. The lowest BCUT2D eigenvalue weighted by atomic mass is 10.1. The smallest absolute Gasteiger partial charge is 0.293 e. The summed E-state index contributed by atoms with van der Waals surface area (Å²) in [6.45, 7) is 0.482. The Bertz CT molecular complexity index is 1230. The van der Waals surface area contributed by atoms with Crippen molar-refractivity contribution in [1.29, 1.82) is 0 Å². The predicted octanol–water partition coefficient (Wildman–Crippen LogP) is 6.82. The molecule has 0 aliphatic carbocycles. The summed E-state index contributed by atoms with van der Waals surface area (Å²) >= 11 is 13.0. The average Bonchev–Trinajstić information content (AvgIpc) is 3.07. The van der Waals surface area contributed by atoms with Crippen molar-refractivity contribution in [3.63, 3.8) is 0 Å². The van der Waals surface area contributed by atoms with Crippen molar-refractivity contribution in [2.75, 3.05) is 7.11 Å². The van der Waals surface area contributed by atoms with Crippen molar-refractivity contribution in [3.05, 3.63) is 98.4 Å². The maximum Gasteiger partial charge on any atom is 0.293 e. The van der Waals surface area contributed by atoms with E-state index in [0.29, 0.717) is 44.2 Å². The monoisotopic (exact) mass is 499 g/mol. The van der Waals surface area contributed by atoms with Crippen LogP contribution in [0.4, 0.5) is 4.79 Å². The highest BCUT2D eigenvalue weighted by Crippen LogP contribution is 2.36. The number of halogens is 2. The van der Waals surface area contributed by atoms with Gasteiger partial charge in [-0.05, 0) is 58.8 Å². The first-order chi connectivity index (χ1) is 15.9. The Balaban J connectivity index is 1.49. The van der Waals surface area contributed by atoms with E-state index in [1.165, 1.54) is 4.90 Å². The average molecular weight is 500 g/mol. The molecule has 0 bridgehead atoms. The second-order valence-electron chi connectivity index (χ2n) is 7.19. The van der Waals surface area contributed by atoms with E-state index in [1.807, 2.05) is 36.4 Å². The van der Waals surface area contributed by atoms with E-state index >= 15 is 0 Å². The zero-order valence-corrected chi connectivity index (χ0v) is 19.9. The third kappa shape index (κ3) is 5.53. The van der Waals surface area contributed by atoms with Gasteiger partial charge in [0.25, 0.3) is 11.1 Å².